The molecule has 1 heterocycles. The van der Waals surface area contributed by atoms with Gasteiger partial charge in [-0.3, -0.25) is 4.79 Å². The van der Waals surface area contributed by atoms with Crippen molar-refractivity contribution in [1.29, 1.82) is 5.26 Å². The van der Waals surface area contributed by atoms with Crippen molar-refractivity contribution in [2.24, 2.45) is 0 Å². The van der Waals surface area contributed by atoms with Crippen LogP contribution in [-0.2, 0) is 15.7 Å². The number of hydrogen-bond donors (Lipinski definition) is 2. The van der Waals surface area contributed by atoms with Gasteiger partial charge in [-0.2, -0.15) is 10.4 Å². The maximum Gasteiger partial charge on any atom is 0.322 e. The first-order valence-corrected chi connectivity index (χ1v) is 11.3. The first-order chi connectivity index (χ1) is 15.3. The Labute approximate surface area is 197 Å². The Morgan fingerprint density at radius 2 is 1.82 bits per heavy atom. The van der Waals surface area contributed by atoms with E-state index in [0.717, 1.165) is 18.5 Å². The number of nitriles is 1. The minimum atomic E-state index is -0.381. The van der Waals surface area contributed by atoms with Crippen LogP contribution in [0.2, 0.25) is 0 Å². The maximum absolute atomic E-state index is 13.0. The van der Waals surface area contributed by atoms with Crippen molar-refractivity contribution in [3.8, 4) is 6.07 Å². The molecule has 0 unspecified atom stereocenters. The van der Waals surface area contributed by atoms with Gasteiger partial charge in [-0.05, 0) is 45.4 Å². The maximum atomic E-state index is 13.0. The van der Waals surface area contributed by atoms with Crippen LogP contribution in [0, 0.1) is 11.3 Å². The molecule has 0 fully saturated rings. The van der Waals surface area contributed by atoms with E-state index in [1.54, 1.807) is 24.3 Å². The van der Waals surface area contributed by atoms with Crippen molar-refractivity contribution in [2.45, 2.75) is 72.3 Å². The smallest absolute Gasteiger partial charge is 0.315 e. The molecule has 0 saturated heterocycles. The highest BCUT2D eigenvalue weighted by Gasteiger charge is 2.26. The molecule has 2 rings (SSSR count). The number of unbranched alkanes of at least 4 members (excludes halogenated alkanes) is 1. The summed E-state index contributed by atoms with van der Waals surface area (Å²) in [6.45, 7) is 14.7. The molecular formula is C25H36N6O2. The number of aromatic nitrogens is 2. The SMILES string of the molecule is CCCCN(CC(=O)Nc1cc(C(C)(C)C)nn1C(C)(C)C)C(=O)Nc1cccc(C#N)c1. The fraction of sp³-hybridized carbons (Fsp3) is 0.520. The lowest BCUT2D eigenvalue weighted by atomic mass is 9.92. The molecule has 2 aromatic rings. The Kier molecular flexibility index (Phi) is 8.26. The van der Waals surface area contributed by atoms with Crippen LogP contribution in [-0.4, -0.2) is 39.7 Å². The molecular weight excluding hydrogens is 416 g/mol. The van der Waals surface area contributed by atoms with Gasteiger partial charge in [-0.25, -0.2) is 9.48 Å². The molecule has 1 aromatic heterocycles. The lowest BCUT2D eigenvalue weighted by Gasteiger charge is -2.25. The Bertz CT molecular complexity index is 1020. The summed E-state index contributed by atoms with van der Waals surface area (Å²) in [6.07, 6.45) is 1.66. The second kappa shape index (κ2) is 10.5. The summed E-state index contributed by atoms with van der Waals surface area (Å²) in [5.74, 6) is 0.313. The number of carbonyl (C=O) groups excluding carboxylic acids is 2. The van der Waals surface area contributed by atoms with E-state index in [4.69, 9.17) is 10.4 Å². The predicted octanol–water partition coefficient (Wildman–Crippen LogP) is 5.08. The van der Waals surface area contributed by atoms with Gasteiger partial charge >= 0.3 is 6.03 Å². The third-order valence-electron chi connectivity index (χ3n) is 5.03. The highest BCUT2D eigenvalue weighted by molar-refractivity contribution is 5.96. The Hall–Kier alpha value is -3.34. The summed E-state index contributed by atoms with van der Waals surface area (Å²) >= 11 is 0. The van der Waals surface area contributed by atoms with Crippen LogP contribution in [0.4, 0.5) is 16.3 Å². The molecule has 0 aliphatic rings. The van der Waals surface area contributed by atoms with Crippen LogP contribution in [0.15, 0.2) is 30.3 Å². The minimum Gasteiger partial charge on any atom is -0.315 e. The topological polar surface area (TPSA) is 103 Å². The average molecular weight is 453 g/mol. The Balaban J connectivity index is 2.19. The van der Waals surface area contributed by atoms with Crippen LogP contribution in [0.3, 0.4) is 0 Å². The fourth-order valence-electron chi connectivity index (χ4n) is 3.17. The lowest BCUT2D eigenvalue weighted by Crippen LogP contribution is -2.41. The van der Waals surface area contributed by atoms with Crippen LogP contribution in [0.1, 0.15) is 72.6 Å². The van der Waals surface area contributed by atoms with Gasteiger partial charge in [0.25, 0.3) is 0 Å². The molecule has 0 bridgehead atoms. The van der Waals surface area contributed by atoms with Gasteiger partial charge in [-0.15, -0.1) is 0 Å². The summed E-state index contributed by atoms with van der Waals surface area (Å²) < 4.78 is 1.81. The third-order valence-corrected chi connectivity index (χ3v) is 5.03. The van der Waals surface area contributed by atoms with Crippen LogP contribution in [0.5, 0.6) is 0 Å². The monoisotopic (exact) mass is 452 g/mol. The van der Waals surface area contributed by atoms with E-state index in [1.165, 1.54) is 4.90 Å². The summed E-state index contributed by atoms with van der Waals surface area (Å²) in [6, 6.07) is 10.3. The zero-order valence-corrected chi connectivity index (χ0v) is 20.8. The van der Waals surface area contributed by atoms with E-state index < -0.39 is 0 Å². The second-order valence-corrected chi connectivity index (χ2v) is 10.2. The lowest BCUT2D eigenvalue weighted by molar-refractivity contribution is -0.116. The number of nitrogens with zero attached hydrogens (tertiary/aromatic N) is 4. The van der Waals surface area contributed by atoms with Gasteiger partial charge in [0.05, 0.1) is 22.9 Å². The molecule has 178 valence electrons. The number of anilines is 2. The van der Waals surface area contributed by atoms with Crippen molar-refractivity contribution in [3.63, 3.8) is 0 Å². The number of carbonyl (C=O) groups is 2. The molecule has 33 heavy (non-hydrogen) atoms. The molecule has 8 heteroatoms. The Morgan fingerprint density at radius 3 is 2.39 bits per heavy atom. The Morgan fingerprint density at radius 1 is 1.12 bits per heavy atom. The summed E-state index contributed by atoms with van der Waals surface area (Å²) in [7, 11) is 0. The van der Waals surface area contributed by atoms with Gasteiger partial charge in [0, 0.05) is 23.7 Å². The second-order valence-electron chi connectivity index (χ2n) is 10.2. The number of benzene rings is 1. The molecule has 0 aliphatic carbocycles. The van der Waals surface area contributed by atoms with Gasteiger partial charge < -0.3 is 15.5 Å². The van der Waals surface area contributed by atoms with Crippen LogP contribution in [0.25, 0.3) is 0 Å². The molecule has 1 aromatic carbocycles. The third kappa shape index (κ3) is 7.35. The summed E-state index contributed by atoms with van der Waals surface area (Å²) in [4.78, 5) is 27.4. The van der Waals surface area contributed by atoms with Gasteiger partial charge in [-0.1, -0.05) is 40.2 Å². The zero-order valence-electron chi connectivity index (χ0n) is 20.8. The highest BCUT2D eigenvalue weighted by atomic mass is 16.2. The van der Waals surface area contributed by atoms with Gasteiger partial charge in [0.1, 0.15) is 12.4 Å². The van der Waals surface area contributed by atoms with E-state index in [1.807, 2.05) is 38.4 Å². The normalized spacial score (nSPS) is 11.6. The zero-order chi connectivity index (χ0) is 24.8. The highest BCUT2D eigenvalue weighted by Crippen LogP contribution is 2.28. The summed E-state index contributed by atoms with van der Waals surface area (Å²) in [5, 5.41) is 19.5. The molecule has 0 atom stereocenters. The molecule has 8 nitrogen and oxygen atoms in total. The quantitative estimate of drug-likeness (QED) is 0.611. The number of urea groups is 1. The van der Waals surface area contributed by atoms with Crippen LogP contribution < -0.4 is 10.6 Å². The van der Waals surface area contributed by atoms with Crippen molar-refractivity contribution in [3.05, 3.63) is 41.6 Å². The minimum absolute atomic E-state index is 0.0933. The standard InChI is InChI=1S/C25H36N6O2/c1-8-9-13-30(23(33)27-19-12-10-11-18(14-19)16-26)17-22(32)28-21-15-20(24(2,3)4)29-31(21)25(5,6)7/h10-12,14-15H,8-9,13,17H2,1-7H3,(H,27,33)(H,28,32). The van der Waals surface area contributed by atoms with Crippen molar-refractivity contribution in [2.75, 3.05) is 23.7 Å². The molecule has 0 spiro atoms. The van der Waals surface area contributed by atoms with Crippen molar-refractivity contribution < 1.29 is 9.59 Å². The largest absolute Gasteiger partial charge is 0.322 e. The first kappa shape index (κ1) is 25.9. The first-order valence-electron chi connectivity index (χ1n) is 11.3. The van der Waals surface area contributed by atoms with E-state index >= 15 is 0 Å². The molecule has 2 N–H and O–H groups in total. The number of hydrogen-bond acceptors (Lipinski definition) is 4. The van der Waals surface area contributed by atoms with Crippen LogP contribution >= 0.6 is 0 Å². The van der Waals surface area contributed by atoms with Crippen molar-refractivity contribution in [1.82, 2.24) is 14.7 Å². The van der Waals surface area contributed by atoms with Gasteiger partial charge in [0.2, 0.25) is 5.91 Å². The number of rotatable bonds is 7. The van der Waals surface area contributed by atoms with E-state index in [0.29, 0.717) is 23.6 Å². The van der Waals surface area contributed by atoms with E-state index in [2.05, 4.69) is 37.5 Å². The predicted molar refractivity (Wildman–Crippen MR) is 131 cm³/mol. The molecule has 0 saturated carbocycles. The van der Waals surface area contributed by atoms with Gasteiger partial charge in [0.15, 0.2) is 0 Å². The average Bonchev–Trinajstić information content (AvgIpc) is 3.16. The fourth-order valence-corrected chi connectivity index (χ4v) is 3.17. The molecule has 0 aliphatic heterocycles. The number of nitrogens with one attached hydrogen (secondary N) is 2. The van der Waals surface area contributed by atoms with E-state index in [9.17, 15) is 9.59 Å². The molecule has 3 amide bonds. The molecule has 0 radical (unpaired) electrons. The van der Waals surface area contributed by atoms with E-state index in [-0.39, 0.29) is 29.4 Å². The van der Waals surface area contributed by atoms with Crippen molar-refractivity contribution >= 4 is 23.4 Å². The number of amides is 3. The summed E-state index contributed by atoms with van der Waals surface area (Å²) in [5.41, 5.74) is 1.36.